The van der Waals surface area contributed by atoms with E-state index in [4.69, 9.17) is 9.47 Å². The van der Waals surface area contributed by atoms with Gasteiger partial charge in [-0.15, -0.1) is 0 Å². The standard InChI is InChI=1S/C25H24O12/c26-15-5-1-13(9-17(15)28)3-7-21(31)36-20-12-25(35,24(33)34)11-19(30)23(20)37-22(32)8-4-14-2-6-16(27)18(29)10-14/h1-10,19-20,23,26-30,35H,11-12H2,(H,33,34)/t19-,20+,23-,25+/m1/s1. The average molecular weight is 516 g/mol. The van der Waals surface area contributed by atoms with Crippen LogP contribution in [0.25, 0.3) is 12.2 Å². The number of hydrogen-bond donors (Lipinski definition) is 7. The largest absolute Gasteiger partial charge is 0.504 e. The zero-order valence-electron chi connectivity index (χ0n) is 19.1. The molecule has 0 radical (unpaired) electrons. The van der Waals surface area contributed by atoms with Gasteiger partial charge in [0.05, 0.1) is 6.10 Å². The first-order valence-electron chi connectivity index (χ1n) is 10.8. The lowest BCUT2D eigenvalue weighted by Gasteiger charge is -2.40. The van der Waals surface area contributed by atoms with Crippen LogP contribution < -0.4 is 0 Å². The number of hydrogen-bond acceptors (Lipinski definition) is 11. The van der Waals surface area contributed by atoms with Gasteiger partial charge in [-0.1, -0.05) is 12.1 Å². The van der Waals surface area contributed by atoms with Crippen LogP contribution in [0.5, 0.6) is 23.0 Å². The van der Waals surface area contributed by atoms with Crippen molar-refractivity contribution in [1.82, 2.24) is 0 Å². The quantitative estimate of drug-likeness (QED) is 0.156. The number of aromatic hydroxyl groups is 4. The summed E-state index contributed by atoms with van der Waals surface area (Å²) in [6.07, 6.45) is -1.86. The molecule has 0 amide bonds. The van der Waals surface area contributed by atoms with Crippen molar-refractivity contribution >= 4 is 30.1 Å². The summed E-state index contributed by atoms with van der Waals surface area (Å²) in [5, 5.41) is 68.0. The number of carboxylic acid groups (broad SMARTS) is 1. The lowest BCUT2D eigenvalue weighted by molar-refractivity contribution is -0.204. The molecule has 2 aromatic carbocycles. The highest BCUT2D eigenvalue weighted by Gasteiger charge is 2.52. The number of ether oxygens (including phenoxy) is 2. The molecule has 0 aliphatic heterocycles. The number of esters is 2. The van der Waals surface area contributed by atoms with Crippen LogP contribution in [-0.4, -0.2) is 77.6 Å². The van der Waals surface area contributed by atoms with Gasteiger partial charge in [0.2, 0.25) is 0 Å². The third kappa shape index (κ3) is 6.78. The number of carboxylic acids is 1. The van der Waals surface area contributed by atoms with Crippen molar-refractivity contribution in [1.29, 1.82) is 0 Å². The Kier molecular flexibility index (Phi) is 8.05. The van der Waals surface area contributed by atoms with Gasteiger partial charge >= 0.3 is 17.9 Å². The van der Waals surface area contributed by atoms with E-state index in [1.165, 1.54) is 42.5 Å². The number of benzene rings is 2. The molecule has 37 heavy (non-hydrogen) atoms. The van der Waals surface area contributed by atoms with Crippen LogP contribution >= 0.6 is 0 Å². The van der Waals surface area contributed by atoms with Gasteiger partial charge in [0.15, 0.2) is 34.7 Å². The van der Waals surface area contributed by atoms with Crippen molar-refractivity contribution in [2.24, 2.45) is 0 Å². The maximum atomic E-state index is 12.4. The number of rotatable bonds is 7. The second kappa shape index (κ2) is 11.0. The first-order valence-corrected chi connectivity index (χ1v) is 10.8. The number of aliphatic carboxylic acids is 1. The van der Waals surface area contributed by atoms with E-state index in [9.17, 15) is 50.1 Å². The normalized spacial score (nSPS) is 23.7. The molecule has 4 atom stereocenters. The molecular formula is C25H24O12. The number of phenolic OH excluding ortho intramolecular Hbond substituents is 4. The molecule has 1 saturated carbocycles. The summed E-state index contributed by atoms with van der Waals surface area (Å²) in [6.45, 7) is 0. The maximum absolute atomic E-state index is 12.4. The van der Waals surface area contributed by atoms with Crippen molar-refractivity contribution in [3.8, 4) is 23.0 Å². The van der Waals surface area contributed by atoms with E-state index in [0.29, 0.717) is 11.1 Å². The van der Waals surface area contributed by atoms with Gasteiger partial charge in [-0.2, -0.15) is 0 Å². The van der Waals surface area contributed by atoms with Gasteiger partial charge in [-0.05, 0) is 47.5 Å². The minimum Gasteiger partial charge on any atom is -0.504 e. The molecule has 1 aliphatic rings. The lowest BCUT2D eigenvalue weighted by Crippen LogP contribution is -2.58. The molecule has 0 heterocycles. The fourth-order valence-corrected chi connectivity index (χ4v) is 3.66. The zero-order chi connectivity index (χ0) is 27.3. The first-order chi connectivity index (χ1) is 17.4. The molecule has 0 saturated heterocycles. The Bertz CT molecular complexity index is 1250. The SMILES string of the molecule is O=C(C=Cc1ccc(O)c(O)c1)O[C@@H]1[C@H](O)C[C@@](O)(C(=O)O)C[C@@H]1OC(=O)C=Cc1ccc(O)c(O)c1. The van der Waals surface area contributed by atoms with Crippen molar-refractivity contribution in [2.45, 2.75) is 36.8 Å². The lowest BCUT2D eigenvalue weighted by atomic mass is 9.79. The van der Waals surface area contributed by atoms with Crippen LogP contribution in [0.1, 0.15) is 24.0 Å². The van der Waals surface area contributed by atoms with Gasteiger partial charge in [0.25, 0.3) is 0 Å². The molecule has 12 heteroatoms. The summed E-state index contributed by atoms with van der Waals surface area (Å²) in [5.74, 6) is -5.29. The summed E-state index contributed by atoms with van der Waals surface area (Å²) < 4.78 is 10.4. The van der Waals surface area contributed by atoms with Crippen LogP contribution in [-0.2, 0) is 23.9 Å². The Labute approximate surface area is 209 Å². The van der Waals surface area contributed by atoms with Crippen molar-refractivity contribution < 1.29 is 59.6 Å². The third-order valence-electron chi connectivity index (χ3n) is 5.57. The van der Waals surface area contributed by atoms with Gasteiger partial charge in [-0.3, -0.25) is 0 Å². The minimum absolute atomic E-state index is 0.311. The van der Waals surface area contributed by atoms with E-state index in [-0.39, 0.29) is 11.5 Å². The van der Waals surface area contributed by atoms with Crippen molar-refractivity contribution in [3.05, 3.63) is 59.7 Å². The predicted octanol–water partition coefficient (Wildman–Crippen LogP) is 1.03. The van der Waals surface area contributed by atoms with E-state index < -0.39 is 66.2 Å². The number of aliphatic hydroxyl groups is 2. The van der Waals surface area contributed by atoms with Gasteiger partial charge in [0.1, 0.15) is 6.10 Å². The Morgan fingerprint density at radius 2 is 1.27 bits per heavy atom. The molecule has 196 valence electrons. The monoisotopic (exact) mass is 516 g/mol. The predicted molar refractivity (Wildman–Crippen MR) is 125 cm³/mol. The van der Waals surface area contributed by atoms with Crippen LogP contribution in [0, 0.1) is 0 Å². The number of phenols is 4. The van der Waals surface area contributed by atoms with Gasteiger partial charge in [0, 0.05) is 25.0 Å². The Hall–Kier alpha value is -4.55. The summed E-state index contributed by atoms with van der Waals surface area (Å²) in [4.78, 5) is 36.3. The van der Waals surface area contributed by atoms with Gasteiger partial charge < -0.3 is 45.2 Å². The number of aliphatic hydroxyl groups excluding tert-OH is 1. The Morgan fingerprint density at radius 3 is 1.73 bits per heavy atom. The fourth-order valence-electron chi connectivity index (χ4n) is 3.66. The summed E-state index contributed by atoms with van der Waals surface area (Å²) in [6, 6.07) is 7.50. The molecule has 0 bridgehead atoms. The Balaban J connectivity index is 1.75. The minimum atomic E-state index is -2.46. The average Bonchev–Trinajstić information content (AvgIpc) is 2.82. The second-order valence-electron chi connectivity index (χ2n) is 8.35. The van der Waals surface area contributed by atoms with Crippen molar-refractivity contribution in [3.63, 3.8) is 0 Å². The Morgan fingerprint density at radius 1 is 0.784 bits per heavy atom. The topological polar surface area (TPSA) is 211 Å². The molecule has 0 aromatic heterocycles. The smallest absolute Gasteiger partial charge is 0.335 e. The molecule has 7 N–H and O–H groups in total. The van der Waals surface area contributed by atoms with Gasteiger partial charge in [-0.25, -0.2) is 14.4 Å². The van der Waals surface area contributed by atoms with E-state index in [0.717, 1.165) is 18.2 Å². The van der Waals surface area contributed by atoms with E-state index in [1.807, 2.05) is 0 Å². The maximum Gasteiger partial charge on any atom is 0.335 e. The summed E-state index contributed by atoms with van der Waals surface area (Å²) >= 11 is 0. The molecule has 3 rings (SSSR count). The zero-order valence-corrected chi connectivity index (χ0v) is 19.1. The van der Waals surface area contributed by atoms with Crippen LogP contribution in [0.2, 0.25) is 0 Å². The molecule has 0 unspecified atom stereocenters. The highest BCUT2D eigenvalue weighted by atomic mass is 16.6. The highest BCUT2D eigenvalue weighted by molar-refractivity contribution is 5.88. The molecule has 12 nitrogen and oxygen atoms in total. The van der Waals surface area contributed by atoms with E-state index in [1.54, 1.807) is 0 Å². The molecule has 2 aromatic rings. The number of carbonyl (C=O) groups is 3. The summed E-state index contributed by atoms with van der Waals surface area (Å²) in [7, 11) is 0. The first kappa shape index (κ1) is 27.0. The molecule has 1 fully saturated rings. The third-order valence-corrected chi connectivity index (χ3v) is 5.57. The van der Waals surface area contributed by atoms with Crippen LogP contribution in [0.15, 0.2) is 48.6 Å². The van der Waals surface area contributed by atoms with E-state index >= 15 is 0 Å². The van der Waals surface area contributed by atoms with Crippen LogP contribution in [0.4, 0.5) is 0 Å². The fraction of sp³-hybridized carbons (Fsp3) is 0.240. The highest BCUT2D eigenvalue weighted by Crippen LogP contribution is 2.33. The second-order valence-corrected chi connectivity index (χ2v) is 8.35. The summed E-state index contributed by atoms with van der Waals surface area (Å²) in [5.41, 5.74) is -1.82. The molecular weight excluding hydrogens is 492 g/mol. The van der Waals surface area contributed by atoms with Crippen LogP contribution in [0.3, 0.4) is 0 Å². The van der Waals surface area contributed by atoms with Crippen molar-refractivity contribution in [2.75, 3.05) is 0 Å². The molecule has 0 spiro atoms. The molecule has 1 aliphatic carbocycles. The van der Waals surface area contributed by atoms with E-state index in [2.05, 4.69) is 0 Å². The number of carbonyl (C=O) groups excluding carboxylic acids is 2.